The molecular formula is C52H66N12O9. The number of nitrogens with zero attached hydrogens (tertiary/aromatic N) is 4. The van der Waals surface area contributed by atoms with Gasteiger partial charge in [0.05, 0.1) is 29.1 Å². The number of nitrogens with two attached hydrogens (primary N) is 3. The topological polar surface area (TPSA) is 321 Å². The molecule has 21 nitrogen and oxygen atoms in total. The lowest BCUT2D eigenvalue weighted by atomic mass is 9.93. The maximum atomic E-state index is 15.0. The molecule has 4 bridgehead atoms. The number of carbonyl (C=O) groups excluding carboxylic acids is 6. The van der Waals surface area contributed by atoms with Gasteiger partial charge >= 0.3 is 6.03 Å². The average Bonchev–Trinajstić information content (AvgIpc) is 3.37. The van der Waals surface area contributed by atoms with Gasteiger partial charge in [0.25, 0.3) is 5.91 Å². The van der Waals surface area contributed by atoms with E-state index in [0.717, 1.165) is 31.4 Å². The Morgan fingerprint density at radius 3 is 2.14 bits per heavy atom. The molecule has 1 aliphatic carbocycles. The van der Waals surface area contributed by atoms with E-state index in [2.05, 4.69) is 36.6 Å². The van der Waals surface area contributed by atoms with E-state index < -0.39 is 59.7 Å². The van der Waals surface area contributed by atoms with Crippen LogP contribution in [-0.4, -0.2) is 121 Å². The highest BCUT2D eigenvalue weighted by molar-refractivity contribution is 6.00. The van der Waals surface area contributed by atoms with E-state index in [-0.39, 0.29) is 75.9 Å². The molecular weight excluding hydrogens is 937 g/mol. The van der Waals surface area contributed by atoms with E-state index in [0.29, 0.717) is 51.0 Å². The molecule has 4 atom stereocenters. The Morgan fingerprint density at radius 2 is 1.51 bits per heavy atom. The van der Waals surface area contributed by atoms with Gasteiger partial charge in [0, 0.05) is 49.8 Å². The second-order valence-corrected chi connectivity index (χ2v) is 18.0. The highest BCUT2D eigenvalue weighted by atomic mass is 16.5. The lowest BCUT2D eigenvalue weighted by Gasteiger charge is -2.33. The largest absolute Gasteiger partial charge is 0.492 e. The van der Waals surface area contributed by atoms with Crippen LogP contribution < -0.4 is 58.0 Å². The molecule has 0 unspecified atom stereocenters. The van der Waals surface area contributed by atoms with Crippen molar-refractivity contribution in [1.82, 2.24) is 41.5 Å². The van der Waals surface area contributed by atoms with Crippen LogP contribution >= 0.6 is 0 Å². The highest BCUT2D eigenvalue weighted by Gasteiger charge is 2.37. The number of likely N-dealkylation sites (N-methyl/N-ethyl adjacent to an activating group) is 1. The number of hydrogen-bond donors (Lipinski definition) is 8. The van der Waals surface area contributed by atoms with E-state index >= 15 is 4.79 Å². The van der Waals surface area contributed by atoms with Crippen molar-refractivity contribution in [2.24, 2.45) is 17.2 Å². The molecule has 21 heteroatoms. The first-order chi connectivity index (χ1) is 35.1. The molecule has 1 aromatic heterocycles. The lowest BCUT2D eigenvalue weighted by Crippen LogP contribution is -2.56. The quantitative estimate of drug-likeness (QED) is 0.0495. The molecule has 1 saturated carbocycles. The molecule has 0 spiro atoms. The van der Waals surface area contributed by atoms with Crippen molar-refractivity contribution in [3.63, 3.8) is 0 Å². The number of carbonyl (C=O) groups is 6. The van der Waals surface area contributed by atoms with Gasteiger partial charge in [-0.3, -0.25) is 24.0 Å². The van der Waals surface area contributed by atoms with Crippen molar-refractivity contribution >= 4 is 35.6 Å². The third-order valence-corrected chi connectivity index (χ3v) is 12.6. The first kappa shape index (κ1) is 54.5. The molecule has 0 radical (unpaired) electrons. The number of nitriles is 1. The van der Waals surface area contributed by atoms with Crippen LogP contribution in [0.1, 0.15) is 90.8 Å². The summed E-state index contributed by atoms with van der Waals surface area (Å²) in [6, 6.07) is 13.5. The van der Waals surface area contributed by atoms with Gasteiger partial charge in [-0.15, -0.1) is 0 Å². The highest BCUT2D eigenvalue weighted by Crippen LogP contribution is 2.40. The second-order valence-electron chi connectivity index (χ2n) is 18.0. The predicted octanol–water partition coefficient (Wildman–Crippen LogP) is 2.75. The number of primary amides is 1. The standard InChI is InChI=1S/C52H66N12O9/c1-30-44(31(2)60-46(59-30)34-13-16-37(17-14-34)73-36-9-6-5-7-10-36)49(67)62-40(11-8-23-58-52(56)70)51(69)64(4)45-35-15-19-43(72-26-22-55)39(29-35)38-27-33(12-18-42(38)71-25-21-54)28-41(48(66)57-24-20-53)63-47(65)32(3)61-50(45)68/h12-19,27,29,32,36,40-41,45H,5-11,21-26,28,54-55H2,1-4H3,(H,57,66)(H,61,68)(H,62,67)(H,63,65)(H3,56,58,70)/t32-,40-,41-,45-/m0/s1. The van der Waals surface area contributed by atoms with Crippen molar-refractivity contribution < 1.29 is 43.0 Å². The first-order valence-electron chi connectivity index (χ1n) is 24.5. The molecule has 3 aromatic carbocycles. The van der Waals surface area contributed by atoms with Crippen molar-refractivity contribution in [1.29, 1.82) is 5.26 Å². The third-order valence-electron chi connectivity index (χ3n) is 12.6. The summed E-state index contributed by atoms with van der Waals surface area (Å²) in [5, 5.41) is 22.5. The number of nitrogens with one attached hydrogen (secondary N) is 5. The fraction of sp³-hybridized carbons (Fsp3) is 0.442. The van der Waals surface area contributed by atoms with Gasteiger partial charge in [-0.2, -0.15) is 5.26 Å². The van der Waals surface area contributed by atoms with Crippen LogP contribution in [0.15, 0.2) is 60.7 Å². The maximum Gasteiger partial charge on any atom is 0.312 e. The minimum atomic E-state index is -1.46. The number of ether oxygens (including phenoxy) is 3. The van der Waals surface area contributed by atoms with Gasteiger partial charge in [0.1, 0.15) is 61.2 Å². The molecule has 388 valence electrons. The minimum absolute atomic E-state index is 0.0182. The average molecular weight is 1000 g/mol. The monoisotopic (exact) mass is 1000 g/mol. The van der Waals surface area contributed by atoms with E-state index in [1.54, 1.807) is 50.2 Å². The maximum absolute atomic E-state index is 15.0. The summed E-state index contributed by atoms with van der Waals surface area (Å²) < 4.78 is 18.4. The Labute approximate surface area is 424 Å². The Bertz CT molecular complexity index is 2650. The number of aromatic nitrogens is 2. The normalized spacial score (nSPS) is 17.3. The SMILES string of the molecule is Cc1nc(-c2ccc(OC3CCCCC3)cc2)nc(C)c1C(=O)N[C@@H](CCCNC(N)=O)C(=O)N(C)[C@@H]1C(=O)N[C@@H](C)C(=O)N[C@H](C(=O)NCC#N)Cc2ccc(OCCN)c(c2)-c2cc1ccc2OCCN. The predicted molar refractivity (Wildman–Crippen MR) is 271 cm³/mol. The van der Waals surface area contributed by atoms with Crippen LogP contribution in [0.3, 0.4) is 0 Å². The fourth-order valence-corrected chi connectivity index (χ4v) is 8.94. The fourth-order valence-electron chi connectivity index (χ4n) is 8.94. The van der Waals surface area contributed by atoms with Crippen LogP contribution in [0, 0.1) is 25.2 Å². The molecule has 0 saturated heterocycles. The third kappa shape index (κ3) is 14.4. The number of hydrogen-bond acceptors (Lipinski definition) is 14. The Kier molecular flexibility index (Phi) is 19.4. The van der Waals surface area contributed by atoms with Crippen molar-refractivity contribution in [3.8, 4) is 45.8 Å². The van der Waals surface area contributed by atoms with Crippen LogP contribution in [0.25, 0.3) is 22.5 Å². The molecule has 2 heterocycles. The molecule has 2 aliphatic rings. The van der Waals surface area contributed by atoms with Gasteiger partial charge in [0.15, 0.2) is 5.82 Å². The summed E-state index contributed by atoms with van der Waals surface area (Å²) in [6.45, 7) is 5.09. The smallest absolute Gasteiger partial charge is 0.312 e. The van der Waals surface area contributed by atoms with Crippen LogP contribution in [0.4, 0.5) is 4.79 Å². The van der Waals surface area contributed by atoms with E-state index in [9.17, 15) is 29.2 Å². The Balaban J connectivity index is 1.37. The number of urea groups is 1. The van der Waals surface area contributed by atoms with Crippen molar-refractivity contribution in [2.45, 2.75) is 102 Å². The molecule has 7 amide bonds. The summed E-state index contributed by atoms with van der Waals surface area (Å²) >= 11 is 0. The Hall–Kier alpha value is -7.83. The van der Waals surface area contributed by atoms with E-state index in [1.807, 2.05) is 30.3 Å². The number of aryl methyl sites for hydroxylation is 2. The lowest BCUT2D eigenvalue weighted by molar-refractivity contribution is -0.141. The van der Waals surface area contributed by atoms with Gasteiger partial charge in [-0.05, 0) is 119 Å². The zero-order chi connectivity index (χ0) is 52.6. The number of rotatable bonds is 19. The molecule has 1 aliphatic heterocycles. The van der Waals surface area contributed by atoms with Crippen LogP contribution in [0.2, 0.25) is 0 Å². The van der Waals surface area contributed by atoms with Crippen molar-refractivity contribution in [3.05, 3.63) is 88.7 Å². The van der Waals surface area contributed by atoms with Crippen molar-refractivity contribution in [2.75, 3.05) is 46.4 Å². The molecule has 73 heavy (non-hydrogen) atoms. The molecule has 6 rings (SSSR count). The van der Waals surface area contributed by atoms with Crippen LogP contribution in [0.5, 0.6) is 17.2 Å². The summed E-state index contributed by atoms with van der Waals surface area (Å²) in [5.41, 5.74) is 20.4. The van der Waals surface area contributed by atoms with Gasteiger partial charge in [-0.1, -0.05) is 18.6 Å². The summed E-state index contributed by atoms with van der Waals surface area (Å²) in [5.74, 6) is -1.65. The zero-order valence-electron chi connectivity index (χ0n) is 41.8. The minimum Gasteiger partial charge on any atom is -0.492 e. The number of amides is 7. The van der Waals surface area contributed by atoms with Gasteiger partial charge in [-0.25, -0.2) is 14.8 Å². The summed E-state index contributed by atoms with van der Waals surface area (Å²) in [6.07, 6.45) is 5.88. The van der Waals surface area contributed by atoms with Gasteiger partial charge < -0.3 is 62.9 Å². The summed E-state index contributed by atoms with van der Waals surface area (Å²) in [4.78, 5) is 93.7. The van der Waals surface area contributed by atoms with E-state index in [4.69, 9.17) is 31.4 Å². The first-order valence-corrected chi connectivity index (χ1v) is 24.5. The Morgan fingerprint density at radius 1 is 0.863 bits per heavy atom. The number of benzene rings is 3. The molecule has 1 fully saturated rings. The van der Waals surface area contributed by atoms with Crippen LogP contribution in [-0.2, 0) is 25.6 Å². The zero-order valence-corrected chi connectivity index (χ0v) is 41.8. The second kappa shape index (κ2) is 26.0. The number of fused-ring (bicyclic) bond motifs is 5. The molecule has 4 aromatic rings. The summed E-state index contributed by atoms with van der Waals surface area (Å²) in [7, 11) is 1.39. The van der Waals surface area contributed by atoms with E-state index in [1.165, 1.54) is 25.3 Å². The molecule has 11 N–H and O–H groups in total. The van der Waals surface area contributed by atoms with Gasteiger partial charge in [0.2, 0.25) is 23.6 Å².